The van der Waals surface area contributed by atoms with Gasteiger partial charge in [0.25, 0.3) is 11.7 Å². The number of fused-ring (bicyclic) bond motifs is 1. The Kier molecular flexibility index (Phi) is 4.12. The first-order valence-corrected chi connectivity index (χ1v) is 7.47. The van der Waals surface area contributed by atoms with Crippen molar-refractivity contribution in [3.8, 4) is 0 Å². The molecule has 0 saturated carbocycles. The maximum atomic E-state index is 12.9. The summed E-state index contributed by atoms with van der Waals surface area (Å²) in [6.07, 6.45) is 0. The lowest BCUT2D eigenvalue weighted by atomic mass is 10.1. The van der Waals surface area contributed by atoms with E-state index in [1.807, 2.05) is 0 Å². The number of benzene rings is 2. The molecule has 24 heavy (non-hydrogen) atoms. The number of carbonyl (C=O) groups excluding carboxylic acids is 3. The first kappa shape index (κ1) is 15.9. The number of anilines is 1. The predicted octanol–water partition coefficient (Wildman–Crippen LogP) is 2.23. The number of amides is 2. The first-order chi connectivity index (χ1) is 11.5. The predicted molar refractivity (Wildman–Crippen MR) is 86.1 cm³/mol. The van der Waals surface area contributed by atoms with Crippen molar-refractivity contribution in [2.75, 3.05) is 11.4 Å². The molecule has 0 fully saturated rings. The molecule has 6 heteroatoms. The van der Waals surface area contributed by atoms with Gasteiger partial charge in [0.05, 0.1) is 17.3 Å². The zero-order valence-electron chi connectivity index (χ0n) is 13.0. The van der Waals surface area contributed by atoms with E-state index in [0.29, 0.717) is 11.3 Å². The number of ketones is 1. The molecule has 2 aromatic rings. The Bertz CT molecular complexity index is 817. The maximum Gasteiger partial charge on any atom is 0.299 e. The summed E-state index contributed by atoms with van der Waals surface area (Å²) < 4.78 is 12.9. The quantitative estimate of drug-likeness (QED) is 0.876. The van der Waals surface area contributed by atoms with Crippen LogP contribution in [0.1, 0.15) is 28.9 Å². The third kappa shape index (κ3) is 2.90. The second-order valence-corrected chi connectivity index (χ2v) is 5.58. The smallest absolute Gasteiger partial charge is 0.299 e. The van der Waals surface area contributed by atoms with Gasteiger partial charge in [0.1, 0.15) is 12.4 Å². The minimum absolute atomic E-state index is 0.243. The lowest BCUT2D eigenvalue weighted by Gasteiger charge is -2.19. The Morgan fingerprint density at radius 1 is 1.12 bits per heavy atom. The zero-order valence-corrected chi connectivity index (χ0v) is 13.0. The monoisotopic (exact) mass is 326 g/mol. The molecule has 0 aromatic heterocycles. The Hall–Kier alpha value is -3.02. The van der Waals surface area contributed by atoms with Gasteiger partial charge in [-0.2, -0.15) is 0 Å². The van der Waals surface area contributed by atoms with Crippen molar-refractivity contribution in [3.05, 3.63) is 65.5 Å². The number of Topliss-reactive ketones (excluding diaryl/α,β-unsaturated/α-hetero) is 1. The molecule has 0 radical (unpaired) electrons. The van der Waals surface area contributed by atoms with Gasteiger partial charge >= 0.3 is 0 Å². The van der Waals surface area contributed by atoms with Gasteiger partial charge < -0.3 is 5.32 Å². The van der Waals surface area contributed by atoms with Crippen molar-refractivity contribution in [1.82, 2.24) is 5.32 Å². The number of nitrogens with one attached hydrogen (secondary N) is 1. The largest absolute Gasteiger partial charge is 0.348 e. The number of carbonyl (C=O) groups is 3. The van der Waals surface area contributed by atoms with Crippen molar-refractivity contribution in [1.29, 1.82) is 0 Å². The average molecular weight is 326 g/mol. The van der Waals surface area contributed by atoms with Gasteiger partial charge in [0.2, 0.25) is 5.91 Å². The van der Waals surface area contributed by atoms with Crippen molar-refractivity contribution < 1.29 is 18.8 Å². The normalized spacial score (nSPS) is 14.5. The molecule has 3 rings (SSSR count). The maximum absolute atomic E-state index is 12.9. The molecule has 2 aromatic carbocycles. The van der Waals surface area contributed by atoms with Gasteiger partial charge in [-0.25, -0.2) is 4.39 Å². The number of hydrogen-bond donors (Lipinski definition) is 1. The highest BCUT2D eigenvalue weighted by Gasteiger charge is 2.36. The van der Waals surface area contributed by atoms with Gasteiger partial charge in [0.15, 0.2) is 0 Å². The molecule has 1 N–H and O–H groups in total. The van der Waals surface area contributed by atoms with E-state index in [-0.39, 0.29) is 18.4 Å². The molecule has 0 bridgehead atoms. The number of para-hydroxylation sites is 1. The van der Waals surface area contributed by atoms with Gasteiger partial charge in [-0.3, -0.25) is 19.3 Å². The van der Waals surface area contributed by atoms with Crippen LogP contribution in [-0.2, 0) is 9.59 Å². The van der Waals surface area contributed by atoms with Crippen LogP contribution in [0.4, 0.5) is 10.1 Å². The van der Waals surface area contributed by atoms with E-state index in [0.717, 1.165) is 5.56 Å². The minimum Gasteiger partial charge on any atom is -0.348 e. The third-order valence-electron chi connectivity index (χ3n) is 3.93. The number of halogens is 1. The summed E-state index contributed by atoms with van der Waals surface area (Å²) in [5.74, 6) is -2.06. The molecule has 0 aliphatic carbocycles. The summed E-state index contributed by atoms with van der Waals surface area (Å²) in [6.45, 7) is 1.52. The molecule has 2 amide bonds. The number of rotatable bonds is 4. The van der Waals surface area contributed by atoms with Crippen LogP contribution in [0, 0.1) is 5.82 Å². The van der Waals surface area contributed by atoms with E-state index in [2.05, 4.69) is 5.32 Å². The fraction of sp³-hybridized carbons (Fsp3) is 0.167. The molecule has 1 atom stereocenters. The highest BCUT2D eigenvalue weighted by atomic mass is 19.1. The van der Waals surface area contributed by atoms with Gasteiger partial charge in [-0.15, -0.1) is 0 Å². The summed E-state index contributed by atoms with van der Waals surface area (Å²) in [6, 6.07) is 12.0. The van der Waals surface area contributed by atoms with Crippen LogP contribution in [0.2, 0.25) is 0 Å². The summed E-state index contributed by atoms with van der Waals surface area (Å²) in [4.78, 5) is 37.3. The van der Waals surface area contributed by atoms with Crippen molar-refractivity contribution >= 4 is 23.3 Å². The Labute approximate surface area is 138 Å². The van der Waals surface area contributed by atoms with E-state index in [1.165, 1.54) is 17.0 Å². The van der Waals surface area contributed by atoms with Crippen LogP contribution < -0.4 is 10.2 Å². The standard InChI is InChI=1S/C18H15FN2O3/c1-11(12-6-8-13(19)9-7-12)20-16(22)10-21-15-5-3-2-4-14(15)17(23)18(21)24/h2-9,11H,10H2,1H3,(H,20,22)/t11-/m0/s1. The summed E-state index contributed by atoms with van der Waals surface area (Å²) in [7, 11) is 0. The van der Waals surface area contributed by atoms with Crippen molar-refractivity contribution in [3.63, 3.8) is 0 Å². The second-order valence-electron chi connectivity index (χ2n) is 5.58. The minimum atomic E-state index is -0.708. The summed E-state index contributed by atoms with van der Waals surface area (Å²) >= 11 is 0. The molecule has 5 nitrogen and oxygen atoms in total. The number of nitrogens with zero attached hydrogens (tertiary/aromatic N) is 1. The SMILES string of the molecule is C[C@H](NC(=O)CN1C(=O)C(=O)c2ccccc21)c1ccc(F)cc1. The van der Waals surface area contributed by atoms with Crippen molar-refractivity contribution in [2.24, 2.45) is 0 Å². The molecule has 0 unspecified atom stereocenters. The van der Waals surface area contributed by atoms with Crippen LogP contribution in [0.5, 0.6) is 0 Å². The van der Waals surface area contributed by atoms with Crippen molar-refractivity contribution in [2.45, 2.75) is 13.0 Å². The fourth-order valence-corrected chi connectivity index (χ4v) is 2.67. The fourth-order valence-electron chi connectivity index (χ4n) is 2.67. The lowest BCUT2D eigenvalue weighted by Crippen LogP contribution is -2.40. The van der Waals surface area contributed by atoms with Crippen LogP contribution in [0.25, 0.3) is 0 Å². The van der Waals surface area contributed by atoms with E-state index >= 15 is 0 Å². The third-order valence-corrected chi connectivity index (χ3v) is 3.93. The molecular weight excluding hydrogens is 311 g/mol. The van der Waals surface area contributed by atoms with E-state index in [1.54, 1.807) is 43.3 Å². The molecule has 0 saturated heterocycles. The zero-order chi connectivity index (χ0) is 17.3. The highest BCUT2D eigenvalue weighted by molar-refractivity contribution is 6.52. The molecule has 122 valence electrons. The van der Waals surface area contributed by atoms with Crippen LogP contribution in [-0.4, -0.2) is 24.1 Å². The molecule has 1 aliphatic rings. The average Bonchev–Trinajstić information content (AvgIpc) is 2.81. The second kappa shape index (κ2) is 6.23. The summed E-state index contributed by atoms with van der Waals surface area (Å²) in [5.41, 5.74) is 1.49. The Balaban J connectivity index is 1.70. The van der Waals surface area contributed by atoms with Gasteiger partial charge in [-0.1, -0.05) is 24.3 Å². The Morgan fingerprint density at radius 3 is 2.50 bits per heavy atom. The van der Waals surface area contributed by atoms with Crippen LogP contribution >= 0.6 is 0 Å². The molecule has 1 aliphatic heterocycles. The van der Waals surface area contributed by atoms with E-state index in [9.17, 15) is 18.8 Å². The Morgan fingerprint density at radius 2 is 1.79 bits per heavy atom. The first-order valence-electron chi connectivity index (χ1n) is 7.47. The molecule has 0 spiro atoms. The lowest BCUT2D eigenvalue weighted by molar-refractivity contribution is -0.122. The van der Waals surface area contributed by atoms with Crippen LogP contribution in [0.3, 0.4) is 0 Å². The number of hydrogen-bond acceptors (Lipinski definition) is 3. The summed E-state index contributed by atoms with van der Waals surface area (Å²) in [5, 5.41) is 2.74. The van der Waals surface area contributed by atoms with E-state index < -0.39 is 17.6 Å². The highest BCUT2D eigenvalue weighted by Crippen LogP contribution is 2.28. The van der Waals surface area contributed by atoms with Crippen LogP contribution in [0.15, 0.2) is 48.5 Å². The molecule has 1 heterocycles. The topological polar surface area (TPSA) is 66.5 Å². The molecular formula is C18H15FN2O3. The van der Waals surface area contributed by atoms with E-state index in [4.69, 9.17) is 0 Å². The van der Waals surface area contributed by atoms with Gasteiger partial charge in [-0.05, 0) is 36.8 Å². The van der Waals surface area contributed by atoms with Gasteiger partial charge in [0, 0.05) is 0 Å².